The minimum atomic E-state index is -0.744. The van der Waals surface area contributed by atoms with E-state index in [1.54, 1.807) is 24.3 Å². The highest BCUT2D eigenvalue weighted by Crippen LogP contribution is 2.42. The van der Waals surface area contributed by atoms with Crippen molar-refractivity contribution in [3.05, 3.63) is 101 Å². The first-order valence-corrected chi connectivity index (χ1v) is 12.4. The van der Waals surface area contributed by atoms with Crippen LogP contribution >= 0.6 is 0 Å². The molecular weight excluding hydrogens is 450 g/mol. The molecule has 5 heteroatoms. The topological polar surface area (TPSA) is 66.8 Å². The normalized spacial score (nSPS) is 17.3. The number of carbonyl (C=O) groups is 2. The van der Waals surface area contributed by atoms with Gasteiger partial charge in [-0.25, -0.2) is 0 Å². The molecule has 3 aromatic carbocycles. The molecule has 1 aliphatic heterocycles. The average Bonchev–Trinajstić information content (AvgIpc) is 3.13. The third-order valence-corrected chi connectivity index (χ3v) is 6.35. The molecule has 1 unspecified atom stereocenters. The predicted octanol–water partition coefficient (Wildman–Crippen LogP) is 6.78. The fourth-order valence-corrected chi connectivity index (χ4v) is 4.40. The lowest BCUT2D eigenvalue weighted by Crippen LogP contribution is -2.29. The number of hydrogen-bond donors (Lipinski definition) is 1. The molecule has 4 rings (SSSR count). The van der Waals surface area contributed by atoms with Gasteiger partial charge in [-0.15, -0.1) is 0 Å². The van der Waals surface area contributed by atoms with Gasteiger partial charge in [0.15, 0.2) is 0 Å². The second-order valence-corrected chi connectivity index (χ2v) is 10.1. The summed E-state index contributed by atoms with van der Waals surface area (Å²) in [5, 5.41) is 11.3. The maximum absolute atomic E-state index is 13.4. The largest absolute Gasteiger partial charge is 0.507 e. The van der Waals surface area contributed by atoms with Gasteiger partial charge in [0, 0.05) is 11.3 Å². The maximum Gasteiger partial charge on any atom is 0.300 e. The van der Waals surface area contributed by atoms with Gasteiger partial charge in [0.25, 0.3) is 11.7 Å². The van der Waals surface area contributed by atoms with E-state index in [1.165, 1.54) is 4.90 Å². The molecule has 1 N–H and O–H groups in total. The van der Waals surface area contributed by atoms with Crippen molar-refractivity contribution in [2.24, 2.45) is 5.92 Å². The number of nitrogens with zero attached hydrogens (tertiary/aromatic N) is 1. The van der Waals surface area contributed by atoms with Gasteiger partial charge in [0.2, 0.25) is 0 Å². The van der Waals surface area contributed by atoms with Crippen molar-refractivity contribution >= 4 is 23.1 Å². The second kappa shape index (κ2) is 10.4. The van der Waals surface area contributed by atoms with E-state index in [0.29, 0.717) is 35.4 Å². The van der Waals surface area contributed by atoms with Crippen LogP contribution in [-0.4, -0.2) is 23.4 Å². The minimum absolute atomic E-state index is 0.0781. The van der Waals surface area contributed by atoms with E-state index < -0.39 is 17.7 Å². The van der Waals surface area contributed by atoms with E-state index in [-0.39, 0.29) is 11.3 Å². The van der Waals surface area contributed by atoms with Gasteiger partial charge in [0.05, 0.1) is 18.2 Å². The second-order valence-electron chi connectivity index (χ2n) is 10.1. The predicted molar refractivity (Wildman–Crippen MR) is 143 cm³/mol. The van der Waals surface area contributed by atoms with Gasteiger partial charge in [-0.05, 0) is 66.3 Å². The Bertz CT molecular complexity index is 1290. The van der Waals surface area contributed by atoms with Crippen LogP contribution in [0.4, 0.5) is 5.69 Å². The Morgan fingerprint density at radius 3 is 2.19 bits per heavy atom. The Hall–Kier alpha value is -3.86. The first-order chi connectivity index (χ1) is 17.2. The molecular formula is C31H33NO4. The molecule has 5 nitrogen and oxygen atoms in total. The van der Waals surface area contributed by atoms with Crippen molar-refractivity contribution < 1.29 is 19.4 Å². The van der Waals surface area contributed by atoms with Gasteiger partial charge < -0.3 is 9.84 Å². The van der Waals surface area contributed by atoms with Crippen LogP contribution in [0.1, 0.15) is 61.9 Å². The zero-order valence-electron chi connectivity index (χ0n) is 21.5. The van der Waals surface area contributed by atoms with E-state index in [2.05, 4.69) is 27.7 Å². The summed E-state index contributed by atoms with van der Waals surface area (Å²) in [5.74, 6) is -0.144. The number of aliphatic hydroxyl groups is 1. The molecule has 1 aliphatic rings. The number of rotatable bonds is 7. The standard InChI is InChI=1S/C31H33NO4/c1-19(2)18-36-26-15-11-23(12-16-26)29(33)27-28(24-8-6-7-21(5)17-24)32(31(35)30(27)34)25-13-9-22(10-14-25)20(3)4/h6-17,19-20,28,33H,18H2,1-5H3/b29-27-. The molecule has 0 aliphatic carbocycles. The van der Waals surface area contributed by atoms with Crippen LogP contribution in [-0.2, 0) is 9.59 Å². The molecule has 186 valence electrons. The lowest BCUT2D eigenvalue weighted by molar-refractivity contribution is -0.132. The summed E-state index contributed by atoms with van der Waals surface area (Å²) in [6.45, 7) is 10.9. The van der Waals surface area contributed by atoms with Crippen molar-refractivity contribution in [2.75, 3.05) is 11.5 Å². The Morgan fingerprint density at radius 1 is 0.944 bits per heavy atom. The van der Waals surface area contributed by atoms with E-state index in [0.717, 1.165) is 16.7 Å². The van der Waals surface area contributed by atoms with Crippen LogP contribution in [0, 0.1) is 12.8 Å². The number of ketones is 1. The van der Waals surface area contributed by atoms with Crippen molar-refractivity contribution in [1.82, 2.24) is 0 Å². The molecule has 0 bridgehead atoms. The van der Waals surface area contributed by atoms with Crippen molar-refractivity contribution in [1.29, 1.82) is 0 Å². The molecule has 0 saturated carbocycles. The zero-order chi connectivity index (χ0) is 26.0. The van der Waals surface area contributed by atoms with E-state index in [9.17, 15) is 14.7 Å². The molecule has 1 heterocycles. The molecule has 1 fully saturated rings. The van der Waals surface area contributed by atoms with Gasteiger partial charge in [-0.1, -0.05) is 69.7 Å². The van der Waals surface area contributed by atoms with Gasteiger partial charge in [-0.3, -0.25) is 14.5 Å². The van der Waals surface area contributed by atoms with Crippen LogP contribution in [0.15, 0.2) is 78.4 Å². The zero-order valence-corrected chi connectivity index (χ0v) is 21.5. The van der Waals surface area contributed by atoms with Crippen LogP contribution in [0.2, 0.25) is 0 Å². The average molecular weight is 484 g/mol. The number of anilines is 1. The lowest BCUT2D eigenvalue weighted by Gasteiger charge is -2.26. The van der Waals surface area contributed by atoms with Gasteiger partial charge >= 0.3 is 0 Å². The van der Waals surface area contributed by atoms with E-state index in [4.69, 9.17) is 4.74 Å². The van der Waals surface area contributed by atoms with Crippen molar-refractivity contribution in [2.45, 2.75) is 46.6 Å². The number of aryl methyl sites for hydroxylation is 1. The molecule has 1 amide bonds. The third kappa shape index (κ3) is 5.06. The number of ether oxygens (including phenoxy) is 1. The first-order valence-electron chi connectivity index (χ1n) is 12.4. The van der Waals surface area contributed by atoms with E-state index >= 15 is 0 Å². The first kappa shape index (κ1) is 25.2. The number of hydrogen-bond acceptors (Lipinski definition) is 4. The smallest absolute Gasteiger partial charge is 0.300 e. The summed E-state index contributed by atoms with van der Waals surface area (Å²) in [7, 11) is 0. The highest BCUT2D eigenvalue weighted by molar-refractivity contribution is 6.51. The quantitative estimate of drug-likeness (QED) is 0.229. The minimum Gasteiger partial charge on any atom is -0.507 e. The molecule has 1 atom stereocenters. The monoisotopic (exact) mass is 483 g/mol. The third-order valence-electron chi connectivity index (χ3n) is 6.35. The molecule has 1 saturated heterocycles. The fraction of sp³-hybridized carbons (Fsp3) is 0.290. The summed E-state index contributed by atoms with van der Waals surface area (Å²) >= 11 is 0. The highest BCUT2D eigenvalue weighted by atomic mass is 16.5. The molecule has 0 spiro atoms. The number of benzene rings is 3. The molecule has 0 aromatic heterocycles. The highest BCUT2D eigenvalue weighted by Gasteiger charge is 2.47. The van der Waals surface area contributed by atoms with E-state index in [1.807, 2.05) is 55.5 Å². The number of aliphatic hydroxyl groups excluding tert-OH is 1. The SMILES string of the molecule is Cc1cccc(C2/C(=C(/O)c3ccc(OCC(C)C)cc3)C(=O)C(=O)N2c2ccc(C(C)C)cc2)c1. The molecule has 3 aromatic rings. The summed E-state index contributed by atoms with van der Waals surface area (Å²) in [5.41, 5.74) is 4.05. The Balaban J connectivity index is 1.81. The Labute approximate surface area is 213 Å². The Kier molecular flexibility index (Phi) is 7.30. The fourth-order valence-electron chi connectivity index (χ4n) is 4.40. The molecule has 36 heavy (non-hydrogen) atoms. The lowest BCUT2D eigenvalue weighted by atomic mass is 9.94. The summed E-state index contributed by atoms with van der Waals surface area (Å²) in [6, 6.07) is 21.6. The number of amides is 1. The summed E-state index contributed by atoms with van der Waals surface area (Å²) in [6.07, 6.45) is 0. The number of Topliss-reactive ketones (excluding diaryl/α,β-unsaturated/α-hetero) is 1. The maximum atomic E-state index is 13.4. The number of carbonyl (C=O) groups excluding carboxylic acids is 2. The van der Waals surface area contributed by atoms with Crippen molar-refractivity contribution in [3.8, 4) is 5.75 Å². The van der Waals surface area contributed by atoms with Gasteiger partial charge in [-0.2, -0.15) is 0 Å². The Morgan fingerprint density at radius 2 is 1.61 bits per heavy atom. The van der Waals surface area contributed by atoms with Crippen LogP contribution in [0.5, 0.6) is 5.75 Å². The molecule has 0 radical (unpaired) electrons. The van der Waals surface area contributed by atoms with Crippen LogP contribution in [0.25, 0.3) is 5.76 Å². The van der Waals surface area contributed by atoms with Crippen molar-refractivity contribution in [3.63, 3.8) is 0 Å². The summed E-state index contributed by atoms with van der Waals surface area (Å²) < 4.78 is 5.74. The summed E-state index contributed by atoms with van der Waals surface area (Å²) in [4.78, 5) is 28.2. The van der Waals surface area contributed by atoms with Crippen LogP contribution in [0.3, 0.4) is 0 Å². The van der Waals surface area contributed by atoms with Gasteiger partial charge in [0.1, 0.15) is 11.5 Å². The van der Waals surface area contributed by atoms with Crippen LogP contribution < -0.4 is 9.64 Å².